The number of aliphatic imine (C=N–C) groups is 1. The summed E-state index contributed by atoms with van der Waals surface area (Å²) in [5.74, 6) is -1.03. The van der Waals surface area contributed by atoms with Crippen LogP contribution in [0.3, 0.4) is 0 Å². The highest BCUT2D eigenvalue weighted by Gasteiger charge is 2.48. The van der Waals surface area contributed by atoms with E-state index < -0.39 is 24.4 Å². The van der Waals surface area contributed by atoms with Crippen molar-refractivity contribution >= 4 is 24.9 Å². The van der Waals surface area contributed by atoms with Crippen LogP contribution in [0.25, 0.3) is 0 Å². The number of carbonyl (C=O) groups is 2. The molecule has 0 unspecified atom stereocenters. The molecule has 0 saturated heterocycles. The molecular weight excluding hydrogens is 413 g/mol. The third kappa shape index (κ3) is 7.13. The van der Waals surface area contributed by atoms with Crippen molar-refractivity contribution in [3.8, 4) is 5.75 Å². The molecule has 1 fully saturated rings. The Hall–Kier alpha value is -2.79. The van der Waals surface area contributed by atoms with Crippen LogP contribution in [-0.2, 0) is 16.0 Å². The summed E-state index contributed by atoms with van der Waals surface area (Å²) in [6.45, 7) is 0.683. The van der Waals surface area contributed by atoms with Gasteiger partial charge in [0.05, 0.1) is 13.1 Å². The van der Waals surface area contributed by atoms with E-state index in [9.17, 15) is 19.6 Å². The Labute approximate surface area is 188 Å². The summed E-state index contributed by atoms with van der Waals surface area (Å²) in [6.07, 6.45) is 3.66. The second kappa shape index (κ2) is 12.3. The van der Waals surface area contributed by atoms with Crippen molar-refractivity contribution in [2.24, 2.45) is 21.9 Å². The third-order valence-electron chi connectivity index (χ3n) is 5.80. The van der Waals surface area contributed by atoms with Crippen LogP contribution in [0.2, 0.25) is 0 Å². The van der Waals surface area contributed by atoms with Crippen LogP contribution in [0.5, 0.6) is 5.75 Å². The Kier molecular flexibility index (Phi) is 9.79. The molecule has 2 amide bonds. The lowest BCUT2D eigenvalue weighted by molar-refractivity contribution is -0.143. The molecule has 8 N–H and O–H groups in total. The maximum atomic E-state index is 13.1. The Morgan fingerprint density at radius 2 is 1.97 bits per heavy atom. The average molecular weight is 447 g/mol. The molecule has 1 aromatic carbocycles. The molecule has 1 atom stereocenters. The lowest BCUT2D eigenvalue weighted by Crippen LogP contribution is -2.56. The first-order valence-electron chi connectivity index (χ1n) is 10.9. The quantitative estimate of drug-likeness (QED) is 0.0821. The molecule has 2 rings (SSSR count). The molecule has 0 spiro atoms. The highest BCUT2D eigenvalue weighted by molar-refractivity contribution is 6.43. The summed E-state index contributed by atoms with van der Waals surface area (Å²) >= 11 is 0. The number of hydrogen-bond acceptors (Lipinski definition) is 6. The fourth-order valence-electron chi connectivity index (χ4n) is 3.97. The molecule has 0 heterocycles. The lowest BCUT2D eigenvalue weighted by Gasteiger charge is -2.29. The van der Waals surface area contributed by atoms with E-state index in [4.69, 9.17) is 16.2 Å². The third-order valence-corrected chi connectivity index (χ3v) is 5.80. The summed E-state index contributed by atoms with van der Waals surface area (Å²) < 4.78 is 5.21. The number of benzene rings is 1. The number of nitrogens with one attached hydrogen (secondary N) is 2. The SMILES string of the molecule is COc1cccc(CCNC(=O)C2(C(=O)N[C@@H](CCCN=C(N)N)B(O)O)CCCC2)c1. The van der Waals surface area contributed by atoms with Gasteiger partial charge in [-0.3, -0.25) is 14.6 Å². The van der Waals surface area contributed by atoms with Gasteiger partial charge in [-0.2, -0.15) is 0 Å². The molecular formula is C21H34BN5O5. The lowest BCUT2D eigenvalue weighted by atomic mass is 9.75. The molecule has 1 aliphatic carbocycles. The minimum Gasteiger partial charge on any atom is -0.497 e. The van der Waals surface area contributed by atoms with Crippen molar-refractivity contribution in [2.45, 2.75) is 50.9 Å². The van der Waals surface area contributed by atoms with Gasteiger partial charge in [-0.25, -0.2) is 0 Å². The molecule has 1 aliphatic rings. The van der Waals surface area contributed by atoms with E-state index in [2.05, 4.69) is 15.6 Å². The number of rotatable bonds is 12. The van der Waals surface area contributed by atoms with Crippen LogP contribution in [0.15, 0.2) is 29.3 Å². The van der Waals surface area contributed by atoms with Crippen LogP contribution in [0.1, 0.15) is 44.1 Å². The fraction of sp³-hybridized carbons (Fsp3) is 0.571. The summed E-state index contributed by atoms with van der Waals surface area (Å²) in [5, 5.41) is 24.9. The number of carbonyl (C=O) groups excluding carboxylic acids is 2. The number of guanidine groups is 1. The van der Waals surface area contributed by atoms with Crippen molar-refractivity contribution in [1.82, 2.24) is 10.6 Å². The minimum atomic E-state index is -1.76. The zero-order valence-corrected chi connectivity index (χ0v) is 18.5. The van der Waals surface area contributed by atoms with Gasteiger partial charge < -0.3 is 36.9 Å². The average Bonchev–Trinajstić information content (AvgIpc) is 3.27. The van der Waals surface area contributed by atoms with E-state index in [0.717, 1.165) is 24.2 Å². The fourth-order valence-corrected chi connectivity index (χ4v) is 3.97. The van der Waals surface area contributed by atoms with Gasteiger partial charge >= 0.3 is 7.12 Å². The van der Waals surface area contributed by atoms with Gasteiger partial charge in [0.2, 0.25) is 11.8 Å². The molecule has 0 radical (unpaired) electrons. The summed E-state index contributed by atoms with van der Waals surface area (Å²) in [4.78, 5) is 30.0. The van der Waals surface area contributed by atoms with Crippen LogP contribution in [-0.4, -0.2) is 61.1 Å². The normalized spacial score (nSPS) is 15.5. The predicted octanol–water partition coefficient (Wildman–Crippen LogP) is -0.535. The predicted molar refractivity (Wildman–Crippen MR) is 123 cm³/mol. The van der Waals surface area contributed by atoms with Crippen molar-refractivity contribution in [2.75, 3.05) is 20.2 Å². The molecule has 1 saturated carbocycles. The van der Waals surface area contributed by atoms with Gasteiger partial charge in [-0.15, -0.1) is 0 Å². The highest BCUT2D eigenvalue weighted by atomic mass is 16.5. The van der Waals surface area contributed by atoms with Gasteiger partial charge in [0.15, 0.2) is 5.96 Å². The van der Waals surface area contributed by atoms with Crippen molar-refractivity contribution in [3.05, 3.63) is 29.8 Å². The van der Waals surface area contributed by atoms with Gasteiger partial charge in [0, 0.05) is 13.1 Å². The van der Waals surface area contributed by atoms with Crippen molar-refractivity contribution < 1.29 is 24.4 Å². The zero-order valence-electron chi connectivity index (χ0n) is 18.5. The van der Waals surface area contributed by atoms with Crippen LogP contribution in [0, 0.1) is 5.41 Å². The van der Waals surface area contributed by atoms with E-state index >= 15 is 0 Å². The maximum absolute atomic E-state index is 13.1. The van der Waals surface area contributed by atoms with Gasteiger partial charge in [-0.1, -0.05) is 25.0 Å². The van der Waals surface area contributed by atoms with Crippen LogP contribution < -0.4 is 26.8 Å². The first kappa shape index (κ1) is 25.5. The van der Waals surface area contributed by atoms with E-state index in [1.807, 2.05) is 24.3 Å². The second-order valence-electron chi connectivity index (χ2n) is 8.09. The number of nitrogens with zero attached hydrogens (tertiary/aromatic N) is 1. The second-order valence-corrected chi connectivity index (χ2v) is 8.09. The molecule has 0 bridgehead atoms. The topological polar surface area (TPSA) is 172 Å². The first-order chi connectivity index (χ1) is 15.3. The van der Waals surface area contributed by atoms with Crippen LogP contribution >= 0.6 is 0 Å². The van der Waals surface area contributed by atoms with E-state index in [-0.39, 0.29) is 18.3 Å². The monoisotopic (exact) mass is 447 g/mol. The number of hydrogen-bond donors (Lipinski definition) is 6. The standard InChI is InChI=1S/C21H34BN5O5/c1-32-16-7-4-6-15(14-16)9-13-25-18(28)21(10-2-3-11-21)19(29)27-17(22(30)31)8-5-12-26-20(23)24/h4,6-7,14,17,30-31H,2-3,5,8-13H2,1H3,(H,25,28)(H,27,29)(H4,23,24,26)/t17-/m0/s1. The Balaban J connectivity index is 1.96. The maximum Gasteiger partial charge on any atom is 0.475 e. The molecule has 0 aromatic heterocycles. The van der Waals surface area contributed by atoms with Gasteiger partial charge in [-0.05, 0) is 49.8 Å². The molecule has 32 heavy (non-hydrogen) atoms. The van der Waals surface area contributed by atoms with Gasteiger partial charge in [0.25, 0.3) is 0 Å². The molecule has 10 nitrogen and oxygen atoms in total. The smallest absolute Gasteiger partial charge is 0.475 e. The molecule has 1 aromatic rings. The minimum absolute atomic E-state index is 0.0503. The Morgan fingerprint density at radius 1 is 1.25 bits per heavy atom. The molecule has 0 aliphatic heterocycles. The van der Waals surface area contributed by atoms with E-state index in [1.54, 1.807) is 7.11 Å². The van der Waals surface area contributed by atoms with E-state index in [0.29, 0.717) is 38.8 Å². The number of nitrogens with two attached hydrogens (primary N) is 2. The van der Waals surface area contributed by atoms with Crippen LogP contribution in [0.4, 0.5) is 0 Å². The molecule has 176 valence electrons. The largest absolute Gasteiger partial charge is 0.497 e. The Morgan fingerprint density at radius 3 is 2.59 bits per heavy atom. The van der Waals surface area contributed by atoms with Crippen molar-refractivity contribution in [3.63, 3.8) is 0 Å². The number of ether oxygens (including phenoxy) is 1. The number of amides is 2. The first-order valence-corrected chi connectivity index (χ1v) is 10.9. The van der Waals surface area contributed by atoms with Crippen molar-refractivity contribution in [1.29, 1.82) is 0 Å². The molecule has 11 heteroatoms. The highest BCUT2D eigenvalue weighted by Crippen LogP contribution is 2.39. The Bertz CT molecular complexity index is 795. The van der Waals surface area contributed by atoms with E-state index in [1.165, 1.54) is 0 Å². The summed E-state index contributed by atoms with van der Waals surface area (Å²) in [6, 6.07) is 7.58. The summed E-state index contributed by atoms with van der Waals surface area (Å²) in [5.41, 5.74) is 10.4. The number of methoxy groups -OCH3 is 1. The summed E-state index contributed by atoms with van der Waals surface area (Å²) in [7, 11) is -0.159. The zero-order chi connectivity index (χ0) is 23.6. The van der Waals surface area contributed by atoms with Gasteiger partial charge in [0.1, 0.15) is 11.2 Å².